The Bertz CT molecular complexity index is 1340. The van der Waals surface area contributed by atoms with Gasteiger partial charge in [-0.1, -0.05) is 36.4 Å². The van der Waals surface area contributed by atoms with Crippen molar-refractivity contribution in [2.75, 3.05) is 12.4 Å². The molecule has 0 spiro atoms. The quantitative estimate of drug-likeness (QED) is 0.486. The van der Waals surface area contributed by atoms with E-state index in [1.807, 2.05) is 30.3 Å². The minimum absolute atomic E-state index is 0.183. The molecule has 1 aromatic heterocycles. The molecule has 0 aliphatic rings. The van der Waals surface area contributed by atoms with Crippen molar-refractivity contribution >= 4 is 28.5 Å². The van der Waals surface area contributed by atoms with Crippen molar-refractivity contribution in [3.05, 3.63) is 99.7 Å². The number of amides is 1. The van der Waals surface area contributed by atoms with Crippen molar-refractivity contribution in [3.63, 3.8) is 0 Å². The smallest absolute Gasteiger partial charge is 0.337 e. The SMILES string of the molecule is COC(=O)c1ccc(NC(=O)c2cccc3c(=O)c(C)c(-c4ccccc4)oc23)cc1. The molecule has 31 heavy (non-hydrogen) atoms. The molecule has 0 aliphatic heterocycles. The summed E-state index contributed by atoms with van der Waals surface area (Å²) in [5, 5.41) is 3.11. The van der Waals surface area contributed by atoms with Crippen LogP contribution in [0.4, 0.5) is 5.69 Å². The highest BCUT2D eigenvalue weighted by molar-refractivity contribution is 6.11. The summed E-state index contributed by atoms with van der Waals surface area (Å²) in [5.74, 6) is -0.458. The Morgan fingerprint density at radius 3 is 2.29 bits per heavy atom. The third-order valence-corrected chi connectivity index (χ3v) is 4.99. The van der Waals surface area contributed by atoms with Crippen molar-refractivity contribution in [2.45, 2.75) is 6.92 Å². The first-order chi connectivity index (χ1) is 15.0. The van der Waals surface area contributed by atoms with Gasteiger partial charge in [0.1, 0.15) is 5.76 Å². The Balaban J connectivity index is 1.75. The van der Waals surface area contributed by atoms with Gasteiger partial charge in [0.15, 0.2) is 11.0 Å². The Morgan fingerprint density at radius 2 is 1.61 bits per heavy atom. The second-order valence-electron chi connectivity index (χ2n) is 6.96. The second-order valence-corrected chi connectivity index (χ2v) is 6.96. The number of carbonyl (C=O) groups excluding carboxylic acids is 2. The number of ether oxygens (including phenoxy) is 1. The van der Waals surface area contributed by atoms with E-state index in [1.54, 1.807) is 49.4 Å². The molecule has 0 atom stereocenters. The molecule has 0 aliphatic carbocycles. The monoisotopic (exact) mass is 413 g/mol. The number of hydrogen-bond donors (Lipinski definition) is 1. The molecule has 1 heterocycles. The summed E-state index contributed by atoms with van der Waals surface area (Å²) in [6.07, 6.45) is 0. The minimum atomic E-state index is -0.461. The summed E-state index contributed by atoms with van der Waals surface area (Å²) in [5.41, 5.74) is 2.39. The Morgan fingerprint density at radius 1 is 0.903 bits per heavy atom. The number of methoxy groups -OCH3 is 1. The summed E-state index contributed by atoms with van der Waals surface area (Å²) >= 11 is 0. The molecule has 0 saturated heterocycles. The number of anilines is 1. The van der Waals surface area contributed by atoms with E-state index in [4.69, 9.17) is 4.42 Å². The molecule has 0 unspecified atom stereocenters. The van der Waals surface area contributed by atoms with Crippen molar-refractivity contribution in [3.8, 4) is 11.3 Å². The van der Waals surface area contributed by atoms with Crippen molar-refractivity contribution in [1.29, 1.82) is 0 Å². The lowest BCUT2D eigenvalue weighted by atomic mass is 10.0. The zero-order valence-electron chi connectivity index (χ0n) is 17.0. The number of carbonyl (C=O) groups is 2. The van der Waals surface area contributed by atoms with Crippen molar-refractivity contribution in [2.24, 2.45) is 0 Å². The summed E-state index contributed by atoms with van der Waals surface area (Å²) in [7, 11) is 1.30. The lowest BCUT2D eigenvalue weighted by Gasteiger charge is -2.11. The van der Waals surface area contributed by atoms with Crippen molar-refractivity contribution < 1.29 is 18.7 Å². The predicted molar refractivity (Wildman–Crippen MR) is 118 cm³/mol. The molecule has 6 heteroatoms. The Kier molecular flexibility index (Phi) is 5.37. The van der Waals surface area contributed by atoms with Gasteiger partial charge in [0, 0.05) is 16.8 Å². The zero-order valence-corrected chi connectivity index (χ0v) is 17.0. The highest BCUT2D eigenvalue weighted by Crippen LogP contribution is 2.27. The third kappa shape index (κ3) is 3.83. The number of nitrogens with one attached hydrogen (secondary N) is 1. The average molecular weight is 413 g/mol. The fourth-order valence-electron chi connectivity index (χ4n) is 3.36. The lowest BCUT2D eigenvalue weighted by molar-refractivity contribution is 0.0600. The molecule has 0 bridgehead atoms. The molecule has 0 saturated carbocycles. The average Bonchev–Trinajstić information content (AvgIpc) is 2.81. The van der Waals surface area contributed by atoms with Gasteiger partial charge in [-0.3, -0.25) is 9.59 Å². The van der Waals surface area contributed by atoms with Crippen LogP contribution >= 0.6 is 0 Å². The van der Waals surface area contributed by atoms with E-state index in [9.17, 15) is 14.4 Å². The van der Waals surface area contributed by atoms with Gasteiger partial charge in [-0.2, -0.15) is 0 Å². The zero-order chi connectivity index (χ0) is 22.0. The van der Waals surface area contributed by atoms with Crippen LogP contribution in [0.15, 0.2) is 82.0 Å². The van der Waals surface area contributed by atoms with E-state index >= 15 is 0 Å². The van der Waals surface area contributed by atoms with Crippen LogP contribution in [0.2, 0.25) is 0 Å². The van der Waals surface area contributed by atoms with E-state index in [0.29, 0.717) is 28.0 Å². The largest absolute Gasteiger partial charge is 0.465 e. The first-order valence-electron chi connectivity index (χ1n) is 9.61. The minimum Gasteiger partial charge on any atom is -0.465 e. The fourth-order valence-corrected chi connectivity index (χ4v) is 3.36. The molecular weight excluding hydrogens is 394 g/mol. The maximum Gasteiger partial charge on any atom is 0.337 e. The van der Waals surface area contributed by atoms with Crippen LogP contribution in [0.3, 0.4) is 0 Å². The number of para-hydroxylation sites is 1. The van der Waals surface area contributed by atoms with E-state index in [1.165, 1.54) is 7.11 Å². The molecule has 3 aromatic carbocycles. The predicted octanol–water partition coefficient (Wildman–Crippen LogP) is 4.81. The summed E-state index contributed by atoms with van der Waals surface area (Å²) < 4.78 is 10.8. The van der Waals surface area contributed by atoms with Gasteiger partial charge in [-0.15, -0.1) is 0 Å². The van der Waals surface area contributed by atoms with Crippen LogP contribution in [0, 0.1) is 6.92 Å². The molecule has 4 aromatic rings. The molecule has 154 valence electrons. The number of rotatable bonds is 4. The van der Waals surface area contributed by atoms with E-state index in [-0.39, 0.29) is 16.6 Å². The van der Waals surface area contributed by atoms with Gasteiger partial charge in [0.25, 0.3) is 5.91 Å². The number of esters is 1. The molecule has 0 radical (unpaired) electrons. The number of benzene rings is 3. The first kappa shape index (κ1) is 20.1. The van der Waals surface area contributed by atoms with Gasteiger partial charge in [0.2, 0.25) is 0 Å². The van der Waals surface area contributed by atoms with Crippen LogP contribution in [0.5, 0.6) is 0 Å². The molecule has 1 amide bonds. The fraction of sp³-hybridized carbons (Fsp3) is 0.0800. The molecule has 1 N–H and O–H groups in total. The highest BCUT2D eigenvalue weighted by atomic mass is 16.5. The third-order valence-electron chi connectivity index (χ3n) is 4.99. The van der Waals surface area contributed by atoms with Crippen LogP contribution in [-0.4, -0.2) is 19.0 Å². The molecule has 0 fully saturated rings. The molecule has 6 nitrogen and oxygen atoms in total. The molecule has 4 rings (SSSR count). The van der Waals surface area contributed by atoms with Gasteiger partial charge >= 0.3 is 5.97 Å². The molecular formula is C25H19NO5. The summed E-state index contributed by atoms with van der Waals surface area (Å²) in [4.78, 5) is 37.5. The maximum absolute atomic E-state index is 13.0. The van der Waals surface area contributed by atoms with Crippen LogP contribution in [-0.2, 0) is 4.74 Å². The summed E-state index contributed by atoms with van der Waals surface area (Å²) in [6, 6.07) is 20.5. The number of hydrogen-bond acceptors (Lipinski definition) is 5. The van der Waals surface area contributed by atoms with Crippen LogP contribution in [0.1, 0.15) is 26.3 Å². The highest BCUT2D eigenvalue weighted by Gasteiger charge is 2.18. The maximum atomic E-state index is 13.0. The topological polar surface area (TPSA) is 85.6 Å². The van der Waals surface area contributed by atoms with Crippen molar-refractivity contribution in [1.82, 2.24) is 0 Å². The van der Waals surface area contributed by atoms with Gasteiger partial charge < -0.3 is 14.5 Å². The van der Waals surface area contributed by atoms with Gasteiger partial charge in [-0.05, 0) is 43.3 Å². The van der Waals surface area contributed by atoms with E-state index in [0.717, 1.165) is 5.56 Å². The van der Waals surface area contributed by atoms with Crippen LogP contribution in [0.25, 0.3) is 22.3 Å². The standard InChI is InChI=1S/C25H19NO5/c1-15-21(27)19-9-6-10-20(23(19)31-22(15)16-7-4-3-5-8-16)24(28)26-18-13-11-17(12-14-18)25(29)30-2/h3-14H,1-2H3,(H,26,28). The summed E-state index contributed by atoms with van der Waals surface area (Å²) in [6.45, 7) is 1.71. The second kappa shape index (κ2) is 8.28. The van der Waals surface area contributed by atoms with Gasteiger partial charge in [0.05, 0.1) is 23.6 Å². The Labute approximate surface area is 178 Å². The number of fused-ring (bicyclic) bond motifs is 1. The van der Waals surface area contributed by atoms with E-state index < -0.39 is 11.9 Å². The van der Waals surface area contributed by atoms with Gasteiger partial charge in [-0.25, -0.2) is 4.79 Å². The normalized spacial score (nSPS) is 10.6. The lowest BCUT2D eigenvalue weighted by Crippen LogP contribution is -2.15. The van der Waals surface area contributed by atoms with Crippen LogP contribution < -0.4 is 10.7 Å². The van der Waals surface area contributed by atoms with E-state index in [2.05, 4.69) is 10.1 Å². The first-order valence-corrected chi connectivity index (χ1v) is 9.61. The Hall–Kier alpha value is -4.19.